The van der Waals surface area contributed by atoms with Crippen LogP contribution in [0.5, 0.6) is 5.75 Å². The number of nitrogens with one attached hydrogen (secondary N) is 1. The van der Waals surface area contributed by atoms with Crippen molar-refractivity contribution in [3.05, 3.63) is 23.3 Å². The van der Waals surface area contributed by atoms with Crippen LogP contribution in [-0.2, 0) is 24.2 Å². The first kappa shape index (κ1) is 19.1. The molecule has 0 atom stereocenters. The minimum Gasteiger partial charge on any atom is -0.491 e. The summed E-state index contributed by atoms with van der Waals surface area (Å²) in [4.78, 5) is 0.283. The fourth-order valence-corrected chi connectivity index (χ4v) is 4.11. The zero-order valence-electron chi connectivity index (χ0n) is 14.5. The minimum atomic E-state index is -3.60. The molecule has 1 heterocycles. The number of hydrogen-bond acceptors (Lipinski definition) is 6. The van der Waals surface area contributed by atoms with Crippen LogP contribution in [0.1, 0.15) is 24.5 Å². The first-order chi connectivity index (χ1) is 11.3. The van der Waals surface area contributed by atoms with E-state index in [2.05, 4.69) is 4.72 Å². The predicted octanol–water partition coefficient (Wildman–Crippen LogP) is 1.72. The zero-order valence-corrected chi connectivity index (χ0v) is 15.3. The van der Waals surface area contributed by atoms with Gasteiger partial charge in [0.25, 0.3) is 0 Å². The van der Waals surface area contributed by atoms with Gasteiger partial charge in [-0.2, -0.15) is 0 Å². The Hall–Kier alpha value is -1.19. The van der Waals surface area contributed by atoms with Crippen LogP contribution in [-0.4, -0.2) is 47.9 Å². The molecule has 24 heavy (non-hydrogen) atoms. The highest BCUT2D eigenvalue weighted by molar-refractivity contribution is 7.89. The summed E-state index contributed by atoms with van der Waals surface area (Å²) in [6.45, 7) is 6.45. The molecule has 0 amide bonds. The van der Waals surface area contributed by atoms with Gasteiger partial charge in [-0.1, -0.05) is 0 Å². The van der Waals surface area contributed by atoms with Gasteiger partial charge in [-0.25, -0.2) is 13.1 Å². The highest BCUT2D eigenvalue weighted by atomic mass is 32.2. The largest absolute Gasteiger partial charge is 0.491 e. The molecule has 0 unspecified atom stereocenters. The van der Waals surface area contributed by atoms with E-state index >= 15 is 0 Å². The highest BCUT2D eigenvalue weighted by Gasteiger charge is 2.27. The van der Waals surface area contributed by atoms with Crippen LogP contribution in [0.3, 0.4) is 0 Å². The van der Waals surface area contributed by atoms with Crippen molar-refractivity contribution in [2.45, 2.75) is 44.7 Å². The van der Waals surface area contributed by atoms with E-state index in [1.165, 1.54) is 0 Å². The first-order valence-electron chi connectivity index (χ1n) is 7.87. The van der Waals surface area contributed by atoms with Crippen LogP contribution in [0.15, 0.2) is 17.0 Å². The molecule has 1 N–H and O–H groups in total. The molecule has 8 heteroatoms. The molecule has 7 nitrogen and oxygen atoms in total. The summed E-state index contributed by atoms with van der Waals surface area (Å²) in [6.07, 6.45) is -0.0666. The molecule has 0 saturated carbocycles. The second-order valence-corrected chi connectivity index (χ2v) is 7.39. The number of benzene rings is 1. The Morgan fingerprint density at radius 3 is 2.33 bits per heavy atom. The first-order valence-corrected chi connectivity index (χ1v) is 9.35. The number of hydrogen-bond donors (Lipinski definition) is 1. The second kappa shape index (κ2) is 8.26. The van der Waals surface area contributed by atoms with E-state index in [0.29, 0.717) is 36.5 Å². The Labute approximate surface area is 143 Å². The Bertz CT molecular complexity index is 632. The van der Waals surface area contributed by atoms with Gasteiger partial charge in [0, 0.05) is 20.1 Å². The highest BCUT2D eigenvalue weighted by Crippen LogP contribution is 2.26. The molecule has 1 saturated heterocycles. The average molecular weight is 359 g/mol. The number of methoxy groups -OCH3 is 1. The molecule has 0 spiro atoms. The van der Waals surface area contributed by atoms with E-state index in [1.54, 1.807) is 40.0 Å². The lowest BCUT2D eigenvalue weighted by Crippen LogP contribution is -2.41. The fourth-order valence-electron chi connectivity index (χ4n) is 2.62. The molecule has 1 aliphatic heterocycles. The van der Waals surface area contributed by atoms with Gasteiger partial charge >= 0.3 is 0 Å². The van der Waals surface area contributed by atoms with E-state index in [1.807, 2.05) is 0 Å². The van der Waals surface area contributed by atoms with E-state index < -0.39 is 10.0 Å². The zero-order chi connectivity index (χ0) is 17.7. The van der Waals surface area contributed by atoms with Gasteiger partial charge in [-0.05, 0) is 44.0 Å². The standard InChI is InChI=1S/C16H25NO6S/c1-11-9-14(21-8-7-20-4)10-12(2)16(11)24(18,19)17-6-5-15-22-13(3)23-15/h9-10,13,15,17H,5-8H2,1-4H3. The summed E-state index contributed by atoms with van der Waals surface area (Å²) in [6, 6.07) is 3.44. The van der Waals surface area contributed by atoms with E-state index in [4.69, 9.17) is 18.9 Å². The van der Waals surface area contributed by atoms with Crippen molar-refractivity contribution < 1.29 is 27.4 Å². The Balaban J connectivity index is 2.00. The summed E-state index contributed by atoms with van der Waals surface area (Å²) in [5.41, 5.74) is 1.28. The normalized spacial score (nSPS) is 20.7. The van der Waals surface area contributed by atoms with Crippen LogP contribution >= 0.6 is 0 Å². The van der Waals surface area contributed by atoms with Crippen molar-refractivity contribution in [2.75, 3.05) is 26.9 Å². The third-order valence-electron chi connectivity index (χ3n) is 3.62. The molecule has 1 fully saturated rings. The predicted molar refractivity (Wildman–Crippen MR) is 88.5 cm³/mol. The van der Waals surface area contributed by atoms with Gasteiger partial charge in [0.2, 0.25) is 10.0 Å². The SMILES string of the molecule is COCCOc1cc(C)c(S(=O)(=O)NCCC2OC(C)O2)c(C)c1. The maximum absolute atomic E-state index is 12.5. The minimum absolute atomic E-state index is 0.207. The van der Waals surface area contributed by atoms with Crippen molar-refractivity contribution in [2.24, 2.45) is 0 Å². The van der Waals surface area contributed by atoms with Crippen molar-refractivity contribution in [1.82, 2.24) is 4.72 Å². The smallest absolute Gasteiger partial charge is 0.241 e. The van der Waals surface area contributed by atoms with E-state index in [0.717, 1.165) is 0 Å². The average Bonchev–Trinajstić information content (AvgIpc) is 2.44. The van der Waals surface area contributed by atoms with Crippen LogP contribution in [0.4, 0.5) is 0 Å². The number of ether oxygens (including phenoxy) is 4. The van der Waals surface area contributed by atoms with Crippen LogP contribution in [0, 0.1) is 13.8 Å². The molecule has 1 aliphatic rings. The fraction of sp³-hybridized carbons (Fsp3) is 0.625. The Kier molecular flexibility index (Phi) is 6.59. The monoisotopic (exact) mass is 359 g/mol. The topological polar surface area (TPSA) is 83.1 Å². The van der Waals surface area contributed by atoms with Crippen molar-refractivity contribution in [1.29, 1.82) is 0 Å². The summed E-state index contributed by atoms with van der Waals surface area (Å²) < 4.78 is 48.7. The maximum Gasteiger partial charge on any atom is 0.241 e. The summed E-state index contributed by atoms with van der Waals surface area (Å²) in [5.74, 6) is 0.631. The molecule has 0 aromatic heterocycles. The molecule has 0 radical (unpaired) electrons. The van der Waals surface area contributed by atoms with Gasteiger partial charge in [0.1, 0.15) is 12.4 Å². The summed E-state index contributed by atoms with van der Waals surface area (Å²) in [7, 11) is -2.00. The molecule has 0 bridgehead atoms. The quantitative estimate of drug-likeness (QED) is 0.676. The van der Waals surface area contributed by atoms with Gasteiger partial charge in [0.15, 0.2) is 12.6 Å². The van der Waals surface area contributed by atoms with Crippen molar-refractivity contribution in [3.63, 3.8) is 0 Å². The molecule has 2 rings (SSSR count). The molecule has 0 aliphatic carbocycles. The van der Waals surface area contributed by atoms with Crippen LogP contribution in [0.25, 0.3) is 0 Å². The van der Waals surface area contributed by atoms with E-state index in [-0.39, 0.29) is 24.0 Å². The van der Waals surface area contributed by atoms with Gasteiger partial charge < -0.3 is 18.9 Å². The number of aryl methyl sites for hydroxylation is 2. The summed E-state index contributed by atoms with van der Waals surface area (Å²) in [5, 5.41) is 0. The van der Waals surface area contributed by atoms with Crippen molar-refractivity contribution in [3.8, 4) is 5.75 Å². The van der Waals surface area contributed by atoms with E-state index in [9.17, 15) is 8.42 Å². The lowest BCUT2D eigenvalue weighted by Gasteiger charge is -2.33. The molecular weight excluding hydrogens is 334 g/mol. The molecule has 136 valence electrons. The van der Waals surface area contributed by atoms with Gasteiger partial charge in [-0.15, -0.1) is 0 Å². The second-order valence-electron chi connectivity index (χ2n) is 5.68. The number of rotatable bonds is 9. The molecule has 1 aromatic rings. The third kappa shape index (κ3) is 4.90. The molecular formula is C16H25NO6S. The maximum atomic E-state index is 12.5. The van der Waals surface area contributed by atoms with Crippen LogP contribution < -0.4 is 9.46 Å². The Morgan fingerprint density at radius 2 is 1.79 bits per heavy atom. The van der Waals surface area contributed by atoms with Gasteiger partial charge in [0.05, 0.1) is 11.5 Å². The van der Waals surface area contributed by atoms with Crippen LogP contribution in [0.2, 0.25) is 0 Å². The van der Waals surface area contributed by atoms with Crippen molar-refractivity contribution >= 4 is 10.0 Å². The number of sulfonamides is 1. The Morgan fingerprint density at radius 1 is 1.17 bits per heavy atom. The molecule has 1 aromatic carbocycles. The lowest BCUT2D eigenvalue weighted by molar-refractivity contribution is -0.376. The lowest BCUT2D eigenvalue weighted by atomic mass is 10.1. The third-order valence-corrected chi connectivity index (χ3v) is 5.38. The summed E-state index contributed by atoms with van der Waals surface area (Å²) >= 11 is 0. The van der Waals surface area contributed by atoms with Gasteiger partial charge in [-0.3, -0.25) is 0 Å².